The third-order valence-electron chi connectivity index (χ3n) is 4.56. The van der Waals surface area contributed by atoms with Crippen molar-refractivity contribution >= 4 is 28.7 Å². The van der Waals surface area contributed by atoms with E-state index in [-0.39, 0.29) is 5.82 Å². The van der Waals surface area contributed by atoms with Crippen molar-refractivity contribution in [2.45, 2.75) is 0 Å². The highest BCUT2D eigenvalue weighted by molar-refractivity contribution is 5.78. The molecule has 0 saturated carbocycles. The summed E-state index contributed by atoms with van der Waals surface area (Å²) in [5, 5.41) is 3.17. The Kier molecular flexibility index (Phi) is 4.69. The van der Waals surface area contributed by atoms with Gasteiger partial charge in [0.15, 0.2) is 11.6 Å². The van der Waals surface area contributed by atoms with Crippen LogP contribution in [0.2, 0.25) is 0 Å². The molecule has 0 spiro atoms. The molecule has 0 unspecified atom stereocenters. The number of pyridine rings is 1. The standard InChI is InChI=1S/C19H20FN7/c20-15-5-1-2-6-16(15)26-8-10-27(11-9-26)19-17(21)18(23-13-24-19)25-14-4-3-7-22-12-14/h1-7,12-13H,8-11,21H2,(H,23,24,25). The van der Waals surface area contributed by atoms with Crippen LogP contribution in [0.1, 0.15) is 0 Å². The molecule has 0 bridgehead atoms. The van der Waals surface area contributed by atoms with Crippen LogP contribution in [0.25, 0.3) is 0 Å². The van der Waals surface area contributed by atoms with E-state index in [9.17, 15) is 4.39 Å². The van der Waals surface area contributed by atoms with Crippen LogP contribution in [0.4, 0.5) is 33.1 Å². The molecule has 3 N–H and O–H groups in total. The third kappa shape index (κ3) is 3.59. The number of para-hydroxylation sites is 1. The van der Waals surface area contributed by atoms with Gasteiger partial charge in [-0.05, 0) is 24.3 Å². The van der Waals surface area contributed by atoms with Gasteiger partial charge in [-0.1, -0.05) is 12.1 Å². The van der Waals surface area contributed by atoms with Crippen LogP contribution >= 0.6 is 0 Å². The fourth-order valence-corrected chi connectivity index (χ4v) is 3.18. The fourth-order valence-electron chi connectivity index (χ4n) is 3.18. The second-order valence-corrected chi connectivity index (χ2v) is 6.25. The monoisotopic (exact) mass is 365 g/mol. The topological polar surface area (TPSA) is 83.2 Å². The highest BCUT2D eigenvalue weighted by Gasteiger charge is 2.22. The molecule has 1 saturated heterocycles. The van der Waals surface area contributed by atoms with Gasteiger partial charge >= 0.3 is 0 Å². The number of halogens is 1. The molecule has 0 atom stereocenters. The van der Waals surface area contributed by atoms with Gasteiger partial charge in [-0.15, -0.1) is 0 Å². The Balaban J connectivity index is 1.48. The molecule has 8 heteroatoms. The SMILES string of the molecule is Nc1c(Nc2cccnc2)ncnc1N1CCN(c2ccccc2F)CC1. The summed E-state index contributed by atoms with van der Waals surface area (Å²) in [7, 11) is 0. The molecule has 0 aliphatic carbocycles. The first kappa shape index (κ1) is 17.0. The maximum Gasteiger partial charge on any atom is 0.159 e. The Labute approximate surface area is 156 Å². The summed E-state index contributed by atoms with van der Waals surface area (Å²) in [6, 6.07) is 10.6. The minimum Gasteiger partial charge on any atom is -0.393 e. The molecule has 1 fully saturated rings. The van der Waals surface area contributed by atoms with Crippen LogP contribution in [-0.2, 0) is 0 Å². The van der Waals surface area contributed by atoms with Gasteiger partial charge in [-0.2, -0.15) is 0 Å². The van der Waals surface area contributed by atoms with Crippen LogP contribution in [0.3, 0.4) is 0 Å². The molecular weight excluding hydrogens is 345 g/mol. The smallest absolute Gasteiger partial charge is 0.159 e. The Hall–Kier alpha value is -3.42. The van der Waals surface area contributed by atoms with Crippen LogP contribution in [0.15, 0.2) is 55.1 Å². The van der Waals surface area contributed by atoms with E-state index in [4.69, 9.17) is 5.73 Å². The molecule has 0 amide bonds. The summed E-state index contributed by atoms with van der Waals surface area (Å²) < 4.78 is 14.0. The molecule has 1 aliphatic heterocycles. The number of rotatable bonds is 4. The maximum absolute atomic E-state index is 14.0. The highest BCUT2D eigenvalue weighted by atomic mass is 19.1. The molecular formula is C19H20FN7. The quantitative estimate of drug-likeness (QED) is 0.735. The first-order chi connectivity index (χ1) is 13.2. The minimum atomic E-state index is -0.199. The van der Waals surface area contributed by atoms with E-state index in [1.165, 1.54) is 12.4 Å². The zero-order valence-electron chi connectivity index (χ0n) is 14.7. The molecule has 0 radical (unpaired) electrons. The van der Waals surface area contributed by atoms with Crippen LogP contribution in [-0.4, -0.2) is 41.1 Å². The van der Waals surface area contributed by atoms with E-state index in [0.29, 0.717) is 49.2 Å². The lowest BCUT2D eigenvalue weighted by Gasteiger charge is -2.37. The van der Waals surface area contributed by atoms with Gasteiger partial charge < -0.3 is 20.9 Å². The first-order valence-electron chi connectivity index (χ1n) is 8.74. The summed E-state index contributed by atoms with van der Waals surface area (Å²) in [5.74, 6) is 1.03. The molecule has 138 valence electrons. The van der Waals surface area contributed by atoms with Crippen molar-refractivity contribution in [3.05, 3.63) is 60.9 Å². The van der Waals surface area contributed by atoms with Gasteiger partial charge in [0.05, 0.1) is 17.6 Å². The average molecular weight is 365 g/mol. The summed E-state index contributed by atoms with van der Waals surface area (Å²) in [4.78, 5) is 16.8. The number of benzene rings is 1. The summed E-state index contributed by atoms with van der Waals surface area (Å²) in [6.07, 6.45) is 4.90. The van der Waals surface area contributed by atoms with Crippen molar-refractivity contribution in [1.29, 1.82) is 0 Å². The Bertz CT molecular complexity index is 911. The van der Waals surface area contributed by atoms with E-state index in [1.807, 2.05) is 23.1 Å². The summed E-state index contributed by atoms with van der Waals surface area (Å²) >= 11 is 0. The lowest BCUT2D eigenvalue weighted by Crippen LogP contribution is -2.47. The highest BCUT2D eigenvalue weighted by Crippen LogP contribution is 2.29. The molecule has 3 aromatic rings. The van der Waals surface area contributed by atoms with Crippen molar-refractivity contribution in [1.82, 2.24) is 15.0 Å². The van der Waals surface area contributed by atoms with Crippen molar-refractivity contribution in [3.63, 3.8) is 0 Å². The number of nitrogens with one attached hydrogen (secondary N) is 1. The van der Waals surface area contributed by atoms with E-state index < -0.39 is 0 Å². The maximum atomic E-state index is 14.0. The largest absolute Gasteiger partial charge is 0.393 e. The van der Waals surface area contributed by atoms with Gasteiger partial charge in [0.1, 0.15) is 17.8 Å². The van der Waals surface area contributed by atoms with Crippen molar-refractivity contribution in [3.8, 4) is 0 Å². The number of hydrogen-bond acceptors (Lipinski definition) is 7. The van der Waals surface area contributed by atoms with Crippen LogP contribution < -0.4 is 20.9 Å². The lowest BCUT2D eigenvalue weighted by atomic mass is 10.2. The zero-order chi connectivity index (χ0) is 18.6. The molecule has 4 rings (SSSR count). The second kappa shape index (κ2) is 7.45. The Morgan fingerprint density at radius 3 is 2.48 bits per heavy atom. The van der Waals surface area contributed by atoms with Gasteiger partial charge in [-0.3, -0.25) is 4.98 Å². The molecule has 7 nitrogen and oxygen atoms in total. The molecule has 1 aliphatic rings. The number of nitrogen functional groups attached to an aromatic ring is 1. The fraction of sp³-hybridized carbons (Fsp3) is 0.211. The minimum absolute atomic E-state index is 0.199. The van der Waals surface area contributed by atoms with Crippen molar-refractivity contribution < 1.29 is 4.39 Å². The van der Waals surface area contributed by atoms with E-state index >= 15 is 0 Å². The first-order valence-corrected chi connectivity index (χ1v) is 8.74. The van der Waals surface area contributed by atoms with Crippen molar-refractivity contribution in [2.24, 2.45) is 0 Å². The third-order valence-corrected chi connectivity index (χ3v) is 4.56. The van der Waals surface area contributed by atoms with Gasteiger partial charge in [0.25, 0.3) is 0 Å². The summed E-state index contributed by atoms with van der Waals surface area (Å²) in [6.45, 7) is 2.77. The number of anilines is 5. The number of nitrogens with two attached hydrogens (primary N) is 1. The molecule has 3 heterocycles. The van der Waals surface area contributed by atoms with E-state index in [1.54, 1.807) is 24.5 Å². The second-order valence-electron chi connectivity index (χ2n) is 6.25. The Morgan fingerprint density at radius 2 is 1.74 bits per heavy atom. The predicted molar refractivity (Wildman–Crippen MR) is 105 cm³/mol. The van der Waals surface area contributed by atoms with Crippen molar-refractivity contribution in [2.75, 3.05) is 47.0 Å². The number of aromatic nitrogens is 3. The zero-order valence-corrected chi connectivity index (χ0v) is 14.7. The Morgan fingerprint density at radius 1 is 0.963 bits per heavy atom. The predicted octanol–water partition coefficient (Wildman–Crippen LogP) is 2.66. The normalized spacial score (nSPS) is 14.3. The van der Waals surface area contributed by atoms with Gasteiger partial charge in [0.2, 0.25) is 0 Å². The van der Waals surface area contributed by atoms with Crippen LogP contribution in [0.5, 0.6) is 0 Å². The van der Waals surface area contributed by atoms with Gasteiger partial charge in [0, 0.05) is 32.4 Å². The molecule has 2 aromatic heterocycles. The summed E-state index contributed by atoms with van der Waals surface area (Å²) in [5.41, 5.74) is 8.23. The molecule has 1 aromatic carbocycles. The lowest BCUT2D eigenvalue weighted by molar-refractivity contribution is 0.596. The van der Waals surface area contributed by atoms with Gasteiger partial charge in [-0.25, -0.2) is 14.4 Å². The molecule has 27 heavy (non-hydrogen) atoms. The number of hydrogen-bond donors (Lipinski definition) is 2. The average Bonchev–Trinajstić information content (AvgIpc) is 2.71. The number of piperazine rings is 1. The van der Waals surface area contributed by atoms with E-state index in [2.05, 4.69) is 25.2 Å². The number of nitrogens with zero attached hydrogens (tertiary/aromatic N) is 5. The van der Waals surface area contributed by atoms with E-state index in [0.717, 1.165) is 5.69 Å². The van der Waals surface area contributed by atoms with Crippen LogP contribution in [0, 0.1) is 5.82 Å².